The van der Waals surface area contributed by atoms with E-state index >= 15 is 0 Å². The van der Waals surface area contributed by atoms with Gasteiger partial charge >= 0.3 is 11.9 Å². The third kappa shape index (κ3) is 4.86. The Labute approximate surface area is 163 Å². The topological polar surface area (TPSA) is 72.8 Å². The van der Waals surface area contributed by atoms with Gasteiger partial charge in [0.25, 0.3) is 0 Å². The van der Waals surface area contributed by atoms with Gasteiger partial charge in [0, 0.05) is 5.02 Å². The molecule has 0 heterocycles. The van der Waals surface area contributed by atoms with Gasteiger partial charge in [-0.15, -0.1) is 0 Å². The number of carbonyl (C=O) groups excluding carboxylic acids is 1. The number of esters is 1. The van der Waals surface area contributed by atoms with E-state index in [0.29, 0.717) is 14.0 Å². The van der Waals surface area contributed by atoms with E-state index < -0.39 is 18.5 Å². The van der Waals surface area contributed by atoms with Crippen molar-refractivity contribution in [1.29, 1.82) is 0 Å². The van der Waals surface area contributed by atoms with Gasteiger partial charge in [0.2, 0.25) is 0 Å². The van der Waals surface area contributed by atoms with Gasteiger partial charge in [0.1, 0.15) is 5.75 Å². The van der Waals surface area contributed by atoms with E-state index in [-0.39, 0.29) is 22.1 Å². The Kier molecular flexibility index (Phi) is 6.51. The molecule has 0 saturated carbocycles. The third-order valence-corrected chi connectivity index (χ3v) is 4.41. The van der Waals surface area contributed by atoms with Crippen LogP contribution in [0.5, 0.6) is 11.5 Å². The maximum absolute atomic E-state index is 11.9. The van der Waals surface area contributed by atoms with Crippen molar-refractivity contribution in [2.24, 2.45) is 0 Å². The summed E-state index contributed by atoms with van der Waals surface area (Å²) in [6.45, 7) is -0.396. The summed E-state index contributed by atoms with van der Waals surface area (Å²) in [5.74, 6) is -1.33. The van der Waals surface area contributed by atoms with Gasteiger partial charge in [-0.2, -0.15) is 0 Å². The fourth-order valence-electron chi connectivity index (χ4n) is 1.67. The summed E-state index contributed by atoms with van der Waals surface area (Å²) >= 11 is 18.2. The van der Waals surface area contributed by atoms with Crippen LogP contribution in [-0.2, 0) is 4.79 Å². The molecule has 2 aromatic rings. The zero-order valence-corrected chi connectivity index (χ0v) is 16.4. The fraction of sp³-hybridized carbons (Fsp3) is 0.0667. The number of carbonyl (C=O) groups is 2. The van der Waals surface area contributed by atoms with Crippen LogP contribution in [0.1, 0.15) is 10.4 Å². The van der Waals surface area contributed by atoms with Crippen molar-refractivity contribution in [2.75, 3.05) is 6.61 Å². The molecule has 0 radical (unpaired) electrons. The van der Waals surface area contributed by atoms with Gasteiger partial charge < -0.3 is 14.6 Å². The minimum atomic E-state index is -1.08. The predicted octanol–water partition coefficient (Wildman–Crippen LogP) is 5.20. The molecule has 2 rings (SSSR count). The lowest BCUT2D eigenvalue weighted by Crippen LogP contribution is -2.18. The van der Waals surface area contributed by atoms with E-state index in [1.807, 2.05) is 0 Å². The molecule has 24 heavy (non-hydrogen) atoms. The Morgan fingerprint density at radius 1 is 1.08 bits per heavy atom. The molecule has 126 valence electrons. The van der Waals surface area contributed by atoms with E-state index in [2.05, 4.69) is 31.9 Å². The summed E-state index contributed by atoms with van der Waals surface area (Å²) < 4.78 is 11.3. The van der Waals surface area contributed by atoms with Gasteiger partial charge in [-0.25, -0.2) is 9.59 Å². The van der Waals surface area contributed by atoms with Crippen LogP contribution in [0, 0.1) is 0 Å². The SMILES string of the molecule is O=C(COc1c(Cl)cc(Cl)cc1Br)Oc1ccc(C(=O)O)cc1Br. The van der Waals surface area contributed by atoms with Crippen LogP contribution >= 0.6 is 55.1 Å². The lowest BCUT2D eigenvalue weighted by molar-refractivity contribution is -0.136. The largest absolute Gasteiger partial charge is 0.479 e. The van der Waals surface area contributed by atoms with Crippen LogP contribution in [0.15, 0.2) is 39.3 Å². The minimum Gasteiger partial charge on any atom is -0.479 e. The highest BCUT2D eigenvalue weighted by molar-refractivity contribution is 9.10. The standard InChI is InChI=1S/C15H8Br2Cl2O5/c16-9-3-7(15(21)22)1-2-12(9)24-13(20)6-23-14-10(17)4-8(18)5-11(14)19/h1-5H,6H2,(H,21,22). The zero-order valence-electron chi connectivity index (χ0n) is 11.7. The molecule has 5 nitrogen and oxygen atoms in total. The van der Waals surface area contributed by atoms with E-state index in [4.69, 9.17) is 37.8 Å². The highest BCUT2D eigenvalue weighted by Crippen LogP contribution is 2.36. The number of aromatic carboxylic acids is 1. The van der Waals surface area contributed by atoms with Crippen LogP contribution < -0.4 is 9.47 Å². The maximum atomic E-state index is 11.9. The number of benzene rings is 2. The first-order valence-corrected chi connectivity index (χ1v) is 8.63. The van der Waals surface area contributed by atoms with Crippen LogP contribution in [0.4, 0.5) is 0 Å². The summed E-state index contributed by atoms with van der Waals surface area (Å²) in [5.41, 5.74) is 0.0646. The lowest BCUT2D eigenvalue weighted by Gasteiger charge is -2.11. The number of carboxylic acid groups (broad SMARTS) is 1. The quantitative estimate of drug-likeness (QED) is 0.453. The molecule has 0 fully saturated rings. The molecule has 2 aromatic carbocycles. The molecule has 0 spiro atoms. The van der Waals surface area contributed by atoms with Crippen LogP contribution in [0.25, 0.3) is 0 Å². The molecule has 0 saturated heterocycles. The first kappa shape index (κ1) is 19.1. The van der Waals surface area contributed by atoms with Crippen molar-refractivity contribution in [3.8, 4) is 11.5 Å². The minimum absolute atomic E-state index is 0.0646. The van der Waals surface area contributed by atoms with Gasteiger partial charge in [-0.05, 0) is 62.2 Å². The Morgan fingerprint density at radius 2 is 1.79 bits per heavy atom. The van der Waals surface area contributed by atoms with Crippen molar-refractivity contribution < 1.29 is 24.2 Å². The molecule has 1 N–H and O–H groups in total. The molecule has 9 heteroatoms. The summed E-state index contributed by atoms with van der Waals surface area (Å²) in [6, 6.07) is 7.09. The molecule has 0 aromatic heterocycles. The predicted molar refractivity (Wildman–Crippen MR) is 96.4 cm³/mol. The van der Waals surface area contributed by atoms with Crippen molar-refractivity contribution in [1.82, 2.24) is 0 Å². The van der Waals surface area contributed by atoms with Crippen molar-refractivity contribution >= 4 is 67.0 Å². The fourth-order valence-corrected chi connectivity index (χ4v) is 3.49. The number of hydrogen-bond acceptors (Lipinski definition) is 4. The molecule has 0 amide bonds. The summed E-state index contributed by atoms with van der Waals surface area (Å²) in [4.78, 5) is 22.7. The summed E-state index contributed by atoms with van der Waals surface area (Å²) in [5, 5.41) is 9.55. The smallest absolute Gasteiger partial charge is 0.349 e. The summed E-state index contributed by atoms with van der Waals surface area (Å²) in [7, 11) is 0. The Balaban J connectivity index is 2.03. The van der Waals surface area contributed by atoms with Crippen molar-refractivity contribution in [2.45, 2.75) is 0 Å². The Hall–Kier alpha value is -1.28. The van der Waals surface area contributed by atoms with E-state index in [1.165, 1.54) is 24.3 Å². The molecule has 0 aliphatic heterocycles. The van der Waals surface area contributed by atoms with Gasteiger partial charge in [-0.3, -0.25) is 0 Å². The average Bonchev–Trinajstić information content (AvgIpc) is 2.48. The summed E-state index contributed by atoms with van der Waals surface area (Å²) in [6.07, 6.45) is 0. The Bertz CT molecular complexity index is 787. The first-order valence-electron chi connectivity index (χ1n) is 6.29. The molecule has 0 aliphatic rings. The van der Waals surface area contributed by atoms with Crippen LogP contribution in [-0.4, -0.2) is 23.7 Å². The van der Waals surface area contributed by atoms with Crippen LogP contribution in [0.2, 0.25) is 10.0 Å². The molecule has 0 atom stereocenters. The third-order valence-electron chi connectivity index (χ3n) is 2.70. The average molecular weight is 499 g/mol. The molecule has 0 unspecified atom stereocenters. The highest BCUT2D eigenvalue weighted by Gasteiger charge is 2.14. The monoisotopic (exact) mass is 496 g/mol. The molecular weight excluding hydrogens is 491 g/mol. The highest BCUT2D eigenvalue weighted by atomic mass is 79.9. The molecule has 0 bridgehead atoms. The maximum Gasteiger partial charge on any atom is 0.349 e. The van der Waals surface area contributed by atoms with Crippen LogP contribution in [0.3, 0.4) is 0 Å². The normalized spacial score (nSPS) is 10.3. The molecular formula is C15H8Br2Cl2O5. The first-order chi connectivity index (χ1) is 11.3. The van der Waals surface area contributed by atoms with Crippen molar-refractivity contribution in [3.63, 3.8) is 0 Å². The number of hydrogen-bond donors (Lipinski definition) is 1. The van der Waals surface area contributed by atoms with E-state index in [0.717, 1.165) is 0 Å². The molecule has 0 aliphatic carbocycles. The Morgan fingerprint density at radius 3 is 2.38 bits per heavy atom. The second kappa shape index (κ2) is 8.20. The van der Waals surface area contributed by atoms with Gasteiger partial charge in [0.15, 0.2) is 12.4 Å². The second-order valence-electron chi connectivity index (χ2n) is 4.41. The number of halogens is 4. The number of ether oxygens (including phenoxy) is 2. The number of rotatable bonds is 5. The van der Waals surface area contributed by atoms with E-state index in [1.54, 1.807) is 6.07 Å². The zero-order chi connectivity index (χ0) is 17.9. The van der Waals surface area contributed by atoms with Gasteiger partial charge in [0.05, 0.1) is 19.5 Å². The van der Waals surface area contributed by atoms with Gasteiger partial charge in [-0.1, -0.05) is 23.2 Å². The lowest BCUT2D eigenvalue weighted by atomic mass is 10.2. The van der Waals surface area contributed by atoms with E-state index in [9.17, 15) is 9.59 Å². The second-order valence-corrected chi connectivity index (χ2v) is 6.96. The van der Waals surface area contributed by atoms with Crippen molar-refractivity contribution in [3.05, 3.63) is 54.9 Å². The number of carboxylic acids is 1.